The zero-order valence-electron chi connectivity index (χ0n) is 13.0. The largest absolute Gasteiger partial charge is 0.480 e. The number of hydrogen-bond donors (Lipinski definition) is 1. The van der Waals surface area contributed by atoms with Crippen molar-refractivity contribution in [3.63, 3.8) is 0 Å². The molecule has 0 aliphatic heterocycles. The predicted molar refractivity (Wildman–Crippen MR) is 93.7 cm³/mol. The van der Waals surface area contributed by atoms with Crippen molar-refractivity contribution in [3.05, 3.63) is 60.2 Å². The van der Waals surface area contributed by atoms with Crippen LogP contribution in [0.4, 0.5) is 5.95 Å². The van der Waals surface area contributed by atoms with E-state index in [0.29, 0.717) is 5.88 Å². The Morgan fingerprint density at radius 2 is 1.65 bits per heavy atom. The van der Waals surface area contributed by atoms with Crippen molar-refractivity contribution in [2.45, 2.75) is 16.7 Å². The van der Waals surface area contributed by atoms with Crippen molar-refractivity contribution in [2.75, 3.05) is 12.8 Å². The number of ether oxygens (including phenoxy) is 1. The molecule has 0 unspecified atom stereocenters. The van der Waals surface area contributed by atoms with Crippen LogP contribution in [0, 0.1) is 6.92 Å². The molecule has 0 aliphatic rings. The van der Waals surface area contributed by atoms with Crippen LogP contribution >= 0.6 is 11.8 Å². The molecule has 2 N–H and O–H groups in total. The monoisotopic (exact) mass is 323 g/mol. The third-order valence-electron chi connectivity index (χ3n) is 3.33. The third kappa shape index (κ3) is 3.46. The minimum absolute atomic E-state index is 0.204. The predicted octanol–water partition coefficient (Wildman–Crippen LogP) is 4.19. The van der Waals surface area contributed by atoms with E-state index in [4.69, 9.17) is 10.5 Å². The molecule has 1 heterocycles. The number of nitrogen functional groups attached to an aromatic ring is 1. The summed E-state index contributed by atoms with van der Waals surface area (Å²) in [6.07, 6.45) is 0. The molecular formula is C18H17N3OS. The number of nitrogens with two attached hydrogens (primary N) is 1. The lowest BCUT2D eigenvalue weighted by molar-refractivity contribution is 0.387. The highest BCUT2D eigenvalue weighted by Crippen LogP contribution is 2.40. The van der Waals surface area contributed by atoms with Gasteiger partial charge in [-0.3, -0.25) is 0 Å². The lowest BCUT2D eigenvalue weighted by Crippen LogP contribution is -2.02. The molecule has 0 aliphatic carbocycles. The molecule has 2 aromatic carbocycles. The Bertz CT molecular complexity index is 805. The first-order valence-corrected chi connectivity index (χ1v) is 8.00. The Morgan fingerprint density at radius 1 is 0.957 bits per heavy atom. The SMILES string of the molecule is COc1nc(N)nc(-c2ccc(C)cc2)c1Sc1ccccc1. The average Bonchev–Trinajstić information content (AvgIpc) is 2.58. The van der Waals surface area contributed by atoms with Gasteiger partial charge in [0.25, 0.3) is 0 Å². The van der Waals surface area contributed by atoms with Crippen molar-refractivity contribution < 1.29 is 4.74 Å². The van der Waals surface area contributed by atoms with Crippen LogP contribution in [-0.2, 0) is 0 Å². The molecule has 116 valence electrons. The number of benzene rings is 2. The van der Waals surface area contributed by atoms with Crippen LogP contribution in [-0.4, -0.2) is 17.1 Å². The Labute approximate surface area is 139 Å². The molecule has 0 spiro atoms. The summed E-state index contributed by atoms with van der Waals surface area (Å²) >= 11 is 1.57. The zero-order valence-corrected chi connectivity index (χ0v) is 13.8. The molecule has 0 saturated heterocycles. The number of hydrogen-bond acceptors (Lipinski definition) is 5. The number of aromatic nitrogens is 2. The summed E-state index contributed by atoms with van der Waals surface area (Å²) in [5.41, 5.74) is 8.82. The van der Waals surface area contributed by atoms with Gasteiger partial charge < -0.3 is 10.5 Å². The molecule has 0 atom stereocenters. The maximum atomic E-state index is 5.85. The Morgan fingerprint density at radius 3 is 2.30 bits per heavy atom. The van der Waals surface area contributed by atoms with Gasteiger partial charge >= 0.3 is 0 Å². The molecule has 3 rings (SSSR count). The summed E-state index contributed by atoms with van der Waals surface area (Å²) in [6.45, 7) is 2.05. The summed E-state index contributed by atoms with van der Waals surface area (Å²) in [7, 11) is 1.59. The highest BCUT2D eigenvalue weighted by molar-refractivity contribution is 7.99. The van der Waals surface area contributed by atoms with Gasteiger partial charge in [0.1, 0.15) is 4.90 Å². The maximum Gasteiger partial charge on any atom is 0.233 e. The molecule has 1 aromatic heterocycles. The topological polar surface area (TPSA) is 61.0 Å². The summed E-state index contributed by atoms with van der Waals surface area (Å²) in [5.74, 6) is 0.691. The van der Waals surface area contributed by atoms with Crippen molar-refractivity contribution in [1.29, 1.82) is 0 Å². The van der Waals surface area contributed by atoms with Gasteiger partial charge in [-0.2, -0.15) is 4.98 Å². The van der Waals surface area contributed by atoms with Crippen LogP contribution in [0.5, 0.6) is 5.88 Å². The van der Waals surface area contributed by atoms with E-state index in [9.17, 15) is 0 Å². The lowest BCUT2D eigenvalue weighted by Gasteiger charge is -2.13. The van der Waals surface area contributed by atoms with Gasteiger partial charge in [-0.25, -0.2) is 4.98 Å². The van der Waals surface area contributed by atoms with E-state index in [-0.39, 0.29) is 5.95 Å². The van der Waals surface area contributed by atoms with E-state index in [1.165, 1.54) is 5.56 Å². The van der Waals surface area contributed by atoms with Crippen LogP contribution in [0.25, 0.3) is 11.3 Å². The molecule has 0 amide bonds. The Kier molecular flexibility index (Phi) is 4.48. The number of nitrogens with zero attached hydrogens (tertiary/aromatic N) is 2. The van der Waals surface area contributed by atoms with Crippen LogP contribution in [0.1, 0.15) is 5.56 Å². The molecule has 5 heteroatoms. The number of rotatable bonds is 4. The molecule has 0 fully saturated rings. The molecule has 0 bridgehead atoms. The Balaban J connectivity index is 2.13. The Hall–Kier alpha value is -2.53. The van der Waals surface area contributed by atoms with E-state index in [1.807, 2.05) is 42.5 Å². The highest BCUT2D eigenvalue weighted by Gasteiger charge is 2.17. The first-order valence-electron chi connectivity index (χ1n) is 7.19. The van der Waals surface area contributed by atoms with Gasteiger partial charge in [0, 0.05) is 10.5 Å². The second kappa shape index (κ2) is 6.71. The minimum Gasteiger partial charge on any atom is -0.480 e. The van der Waals surface area contributed by atoms with Gasteiger partial charge in [-0.1, -0.05) is 59.8 Å². The first kappa shape index (κ1) is 15.4. The summed E-state index contributed by atoms with van der Waals surface area (Å²) in [4.78, 5) is 10.6. The van der Waals surface area contributed by atoms with Crippen LogP contribution in [0.3, 0.4) is 0 Å². The standard InChI is InChI=1S/C18H17N3OS/c1-12-8-10-13(11-9-12)15-16(17(22-2)21-18(19)20-15)23-14-6-4-3-5-7-14/h3-11H,1-2H3,(H2,19,20,21). The van der Waals surface area contributed by atoms with Gasteiger partial charge in [-0.05, 0) is 19.1 Å². The molecule has 3 aromatic rings. The van der Waals surface area contributed by atoms with Gasteiger partial charge in [0.2, 0.25) is 11.8 Å². The van der Waals surface area contributed by atoms with Crippen LogP contribution < -0.4 is 10.5 Å². The molecule has 4 nitrogen and oxygen atoms in total. The summed E-state index contributed by atoms with van der Waals surface area (Å²) < 4.78 is 5.43. The summed E-state index contributed by atoms with van der Waals surface area (Å²) in [6, 6.07) is 18.2. The van der Waals surface area contributed by atoms with Gasteiger partial charge in [0.05, 0.1) is 12.8 Å². The van der Waals surface area contributed by atoms with Crippen molar-refractivity contribution in [3.8, 4) is 17.1 Å². The van der Waals surface area contributed by atoms with Crippen molar-refractivity contribution in [1.82, 2.24) is 9.97 Å². The van der Waals surface area contributed by atoms with Gasteiger partial charge in [0.15, 0.2) is 0 Å². The normalized spacial score (nSPS) is 10.5. The lowest BCUT2D eigenvalue weighted by atomic mass is 10.1. The molecule has 0 radical (unpaired) electrons. The van der Waals surface area contributed by atoms with E-state index in [2.05, 4.69) is 29.0 Å². The quantitative estimate of drug-likeness (QED) is 0.780. The molecule has 23 heavy (non-hydrogen) atoms. The van der Waals surface area contributed by atoms with Gasteiger partial charge in [-0.15, -0.1) is 0 Å². The first-order chi connectivity index (χ1) is 11.2. The zero-order chi connectivity index (χ0) is 16.2. The van der Waals surface area contributed by atoms with E-state index in [0.717, 1.165) is 21.0 Å². The van der Waals surface area contributed by atoms with E-state index >= 15 is 0 Å². The number of methoxy groups -OCH3 is 1. The van der Waals surface area contributed by atoms with E-state index in [1.54, 1.807) is 18.9 Å². The fourth-order valence-electron chi connectivity index (χ4n) is 2.19. The third-order valence-corrected chi connectivity index (χ3v) is 4.41. The summed E-state index contributed by atoms with van der Waals surface area (Å²) in [5, 5.41) is 0. The van der Waals surface area contributed by atoms with Crippen molar-refractivity contribution in [2.24, 2.45) is 0 Å². The second-order valence-electron chi connectivity index (χ2n) is 5.05. The second-order valence-corrected chi connectivity index (χ2v) is 6.13. The van der Waals surface area contributed by atoms with Crippen molar-refractivity contribution >= 4 is 17.7 Å². The molecular weight excluding hydrogens is 306 g/mol. The average molecular weight is 323 g/mol. The fourth-order valence-corrected chi connectivity index (χ4v) is 3.20. The van der Waals surface area contributed by atoms with E-state index < -0.39 is 0 Å². The van der Waals surface area contributed by atoms with Crippen LogP contribution in [0.2, 0.25) is 0 Å². The number of anilines is 1. The minimum atomic E-state index is 0.204. The maximum absolute atomic E-state index is 5.85. The number of aryl methyl sites for hydroxylation is 1. The highest BCUT2D eigenvalue weighted by atomic mass is 32.2. The smallest absolute Gasteiger partial charge is 0.233 e. The fraction of sp³-hybridized carbons (Fsp3) is 0.111. The van der Waals surface area contributed by atoms with Crippen LogP contribution in [0.15, 0.2) is 64.4 Å². The molecule has 0 saturated carbocycles.